The Bertz CT molecular complexity index is 399. The summed E-state index contributed by atoms with van der Waals surface area (Å²) >= 11 is 3.50. The van der Waals surface area contributed by atoms with Crippen LogP contribution >= 0.6 is 15.9 Å². The van der Waals surface area contributed by atoms with Gasteiger partial charge in [-0.05, 0) is 43.0 Å². The largest absolute Gasteiger partial charge is 0.494 e. The predicted octanol–water partition coefficient (Wildman–Crippen LogP) is 4.44. The molecule has 0 N–H and O–H groups in total. The number of hydrogen-bond acceptors (Lipinski definition) is 3. The Morgan fingerprint density at radius 2 is 1.85 bits per heavy atom. The third kappa shape index (κ3) is 6.94. The van der Waals surface area contributed by atoms with Crippen molar-refractivity contribution in [3.63, 3.8) is 0 Å². The second kappa shape index (κ2) is 9.01. The highest BCUT2D eigenvalue weighted by molar-refractivity contribution is 9.09. The summed E-state index contributed by atoms with van der Waals surface area (Å²) < 4.78 is 10.8. The van der Waals surface area contributed by atoms with Crippen LogP contribution in [-0.2, 0) is 4.74 Å². The molecule has 0 fully saturated rings. The molecule has 0 bridgehead atoms. The van der Waals surface area contributed by atoms with Crippen LogP contribution in [0.15, 0.2) is 24.3 Å². The summed E-state index contributed by atoms with van der Waals surface area (Å²) in [5.41, 5.74) is 0.562. The van der Waals surface area contributed by atoms with Gasteiger partial charge >= 0.3 is 5.97 Å². The first kappa shape index (κ1) is 17.0. The molecule has 0 heterocycles. The summed E-state index contributed by atoms with van der Waals surface area (Å²) in [6.45, 7) is 7.28. The smallest absolute Gasteiger partial charge is 0.338 e. The number of carbonyl (C=O) groups is 1. The minimum absolute atomic E-state index is 0.279. The number of benzene rings is 1. The quantitative estimate of drug-likeness (QED) is 0.398. The van der Waals surface area contributed by atoms with E-state index in [-0.39, 0.29) is 5.97 Å². The SMILES string of the molecule is CC(C)COC(=O)c1ccc(OCCCC(C)Br)cc1. The molecule has 0 amide bonds. The van der Waals surface area contributed by atoms with Gasteiger partial charge in [0.05, 0.1) is 18.8 Å². The third-order valence-electron chi connectivity index (χ3n) is 2.65. The van der Waals surface area contributed by atoms with E-state index in [9.17, 15) is 4.79 Å². The van der Waals surface area contributed by atoms with Crippen molar-refractivity contribution in [2.45, 2.75) is 38.4 Å². The zero-order valence-corrected chi connectivity index (χ0v) is 14.0. The van der Waals surface area contributed by atoms with Gasteiger partial charge in [0, 0.05) is 4.83 Å². The van der Waals surface area contributed by atoms with Crippen LogP contribution in [-0.4, -0.2) is 24.0 Å². The van der Waals surface area contributed by atoms with Gasteiger partial charge in [-0.3, -0.25) is 0 Å². The Morgan fingerprint density at radius 1 is 1.20 bits per heavy atom. The maximum atomic E-state index is 11.7. The van der Waals surface area contributed by atoms with Crippen molar-refractivity contribution in [1.29, 1.82) is 0 Å². The van der Waals surface area contributed by atoms with Gasteiger partial charge in [-0.1, -0.05) is 36.7 Å². The number of esters is 1. The van der Waals surface area contributed by atoms with E-state index in [4.69, 9.17) is 9.47 Å². The van der Waals surface area contributed by atoms with E-state index in [1.807, 2.05) is 26.0 Å². The fourth-order valence-electron chi connectivity index (χ4n) is 1.57. The predicted molar refractivity (Wildman–Crippen MR) is 84.7 cm³/mol. The van der Waals surface area contributed by atoms with Crippen molar-refractivity contribution in [1.82, 2.24) is 0 Å². The Hall–Kier alpha value is -1.03. The van der Waals surface area contributed by atoms with Crippen LogP contribution in [0.4, 0.5) is 0 Å². The molecule has 1 aromatic carbocycles. The Balaban J connectivity index is 2.37. The highest BCUT2D eigenvalue weighted by atomic mass is 79.9. The van der Waals surface area contributed by atoms with E-state index in [0.29, 0.717) is 29.5 Å². The molecule has 4 heteroatoms. The number of alkyl halides is 1. The van der Waals surface area contributed by atoms with Crippen molar-refractivity contribution in [2.75, 3.05) is 13.2 Å². The summed E-state index contributed by atoms with van der Waals surface area (Å²) in [5.74, 6) is 0.851. The van der Waals surface area contributed by atoms with Gasteiger partial charge < -0.3 is 9.47 Å². The first-order valence-electron chi connectivity index (χ1n) is 7.03. The maximum absolute atomic E-state index is 11.7. The van der Waals surface area contributed by atoms with Crippen molar-refractivity contribution >= 4 is 21.9 Å². The lowest BCUT2D eigenvalue weighted by Gasteiger charge is -2.09. The van der Waals surface area contributed by atoms with Gasteiger partial charge in [-0.25, -0.2) is 4.79 Å². The first-order chi connectivity index (χ1) is 9.49. The van der Waals surface area contributed by atoms with Crippen LogP contribution in [0.1, 0.15) is 44.0 Å². The van der Waals surface area contributed by atoms with Gasteiger partial charge in [0.2, 0.25) is 0 Å². The molecule has 3 nitrogen and oxygen atoms in total. The summed E-state index contributed by atoms with van der Waals surface area (Å²) in [7, 11) is 0. The van der Waals surface area contributed by atoms with Crippen LogP contribution in [0.5, 0.6) is 5.75 Å². The fraction of sp³-hybridized carbons (Fsp3) is 0.562. The van der Waals surface area contributed by atoms with Gasteiger partial charge in [0.1, 0.15) is 5.75 Å². The van der Waals surface area contributed by atoms with E-state index in [2.05, 4.69) is 22.9 Å². The van der Waals surface area contributed by atoms with Crippen molar-refractivity contribution < 1.29 is 14.3 Å². The summed E-state index contributed by atoms with van der Waals surface area (Å²) in [5, 5.41) is 0. The van der Waals surface area contributed by atoms with Gasteiger partial charge in [0.25, 0.3) is 0 Å². The van der Waals surface area contributed by atoms with Crippen LogP contribution in [0.25, 0.3) is 0 Å². The first-order valence-corrected chi connectivity index (χ1v) is 7.94. The maximum Gasteiger partial charge on any atom is 0.338 e. The standard InChI is InChI=1S/C16H23BrO3/c1-12(2)11-20-16(18)14-6-8-15(9-7-14)19-10-4-5-13(3)17/h6-9,12-13H,4-5,10-11H2,1-3H3. The van der Waals surface area contributed by atoms with Gasteiger partial charge in [-0.15, -0.1) is 0 Å². The molecule has 112 valence electrons. The summed E-state index contributed by atoms with van der Waals surface area (Å²) in [6, 6.07) is 7.10. The minimum atomic E-state index is -0.279. The fourth-order valence-corrected chi connectivity index (χ4v) is 1.89. The highest BCUT2D eigenvalue weighted by Crippen LogP contribution is 2.14. The molecule has 1 aromatic rings. The number of ether oxygens (including phenoxy) is 2. The molecule has 0 aliphatic heterocycles. The van der Waals surface area contributed by atoms with E-state index < -0.39 is 0 Å². The molecule has 20 heavy (non-hydrogen) atoms. The molecule has 0 aliphatic carbocycles. The van der Waals surface area contributed by atoms with Crippen molar-refractivity contribution in [3.05, 3.63) is 29.8 Å². The molecule has 1 rings (SSSR count). The van der Waals surface area contributed by atoms with Crippen LogP contribution in [0.2, 0.25) is 0 Å². The van der Waals surface area contributed by atoms with Crippen molar-refractivity contribution in [2.24, 2.45) is 5.92 Å². The molecule has 1 atom stereocenters. The van der Waals surface area contributed by atoms with Crippen LogP contribution in [0, 0.1) is 5.92 Å². The zero-order chi connectivity index (χ0) is 15.0. The summed E-state index contributed by atoms with van der Waals surface area (Å²) in [6.07, 6.45) is 2.09. The normalized spacial score (nSPS) is 12.2. The molecule has 0 spiro atoms. The van der Waals surface area contributed by atoms with E-state index >= 15 is 0 Å². The van der Waals surface area contributed by atoms with E-state index in [0.717, 1.165) is 18.6 Å². The molecule has 0 aliphatic rings. The second-order valence-corrected chi connectivity index (χ2v) is 6.85. The third-order valence-corrected chi connectivity index (χ3v) is 3.11. The Kier molecular flexibility index (Phi) is 7.67. The zero-order valence-electron chi connectivity index (χ0n) is 12.4. The number of rotatable bonds is 8. The highest BCUT2D eigenvalue weighted by Gasteiger charge is 2.08. The molecular weight excluding hydrogens is 320 g/mol. The lowest BCUT2D eigenvalue weighted by atomic mass is 10.2. The van der Waals surface area contributed by atoms with E-state index in [1.165, 1.54) is 0 Å². The van der Waals surface area contributed by atoms with Gasteiger partial charge in [0.15, 0.2) is 0 Å². The topological polar surface area (TPSA) is 35.5 Å². The molecule has 0 aromatic heterocycles. The molecule has 0 saturated carbocycles. The lowest BCUT2D eigenvalue weighted by molar-refractivity contribution is 0.0459. The van der Waals surface area contributed by atoms with Crippen LogP contribution < -0.4 is 4.74 Å². The van der Waals surface area contributed by atoms with Gasteiger partial charge in [-0.2, -0.15) is 0 Å². The second-order valence-electron chi connectivity index (χ2n) is 5.29. The average Bonchev–Trinajstić information content (AvgIpc) is 2.41. The Morgan fingerprint density at radius 3 is 2.40 bits per heavy atom. The van der Waals surface area contributed by atoms with Crippen molar-refractivity contribution in [3.8, 4) is 5.75 Å². The number of carbonyl (C=O) groups excluding carboxylic acids is 1. The lowest BCUT2D eigenvalue weighted by Crippen LogP contribution is -2.10. The summed E-state index contributed by atoms with van der Waals surface area (Å²) in [4.78, 5) is 12.2. The van der Waals surface area contributed by atoms with Crippen LogP contribution in [0.3, 0.4) is 0 Å². The molecule has 1 unspecified atom stereocenters. The molecular formula is C16H23BrO3. The Labute approximate surface area is 129 Å². The molecule has 0 radical (unpaired) electrons. The average molecular weight is 343 g/mol. The number of halogens is 1. The molecule has 0 saturated heterocycles. The van der Waals surface area contributed by atoms with E-state index in [1.54, 1.807) is 12.1 Å². The minimum Gasteiger partial charge on any atom is -0.494 e. The number of hydrogen-bond donors (Lipinski definition) is 0. The monoisotopic (exact) mass is 342 g/mol.